The van der Waals surface area contributed by atoms with Gasteiger partial charge in [-0.25, -0.2) is 9.78 Å². The molecular formula is C18H14N2O3. The molecule has 0 unspecified atom stereocenters. The van der Waals surface area contributed by atoms with Gasteiger partial charge in [-0.3, -0.25) is 0 Å². The molecule has 2 heterocycles. The van der Waals surface area contributed by atoms with Crippen molar-refractivity contribution >= 4 is 11.0 Å². The smallest absolute Gasteiger partial charge is 0.336 e. The van der Waals surface area contributed by atoms with Crippen LogP contribution in [0.4, 0.5) is 0 Å². The zero-order chi connectivity index (χ0) is 16.2. The summed E-state index contributed by atoms with van der Waals surface area (Å²) in [6.45, 7) is 2.06. The van der Waals surface area contributed by atoms with Crippen molar-refractivity contribution in [3.63, 3.8) is 0 Å². The summed E-state index contributed by atoms with van der Waals surface area (Å²) in [7, 11) is 0. The second-order valence-corrected chi connectivity index (χ2v) is 5.07. The predicted molar refractivity (Wildman–Crippen MR) is 85.5 cm³/mol. The summed E-state index contributed by atoms with van der Waals surface area (Å²) in [5.74, 6) is 0.812. The topological polar surface area (TPSA) is 76.1 Å². The number of hydrogen-bond donors (Lipinski definition) is 0. The van der Waals surface area contributed by atoms with Crippen LogP contribution in [0.1, 0.15) is 24.6 Å². The van der Waals surface area contributed by atoms with Gasteiger partial charge in [0.1, 0.15) is 23.1 Å². The third-order valence-electron chi connectivity index (χ3n) is 3.38. The molecular weight excluding hydrogens is 292 g/mol. The molecule has 0 fully saturated rings. The van der Waals surface area contributed by atoms with Crippen molar-refractivity contribution in [2.45, 2.75) is 19.8 Å². The molecule has 2 aromatic heterocycles. The van der Waals surface area contributed by atoms with Crippen LogP contribution in [-0.2, 0) is 6.42 Å². The molecule has 0 atom stereocenters. The molecule has 3 rings (SSSR count). The summed E-state index contributed by atoms with van der Waals surface area (Å²) in [4.78, 5) is 15.7. The van der Waals surface area contributed by atoms with Gasteiger partial charge in [0.2, 0.25) is 5.88 Å². The highest BCUT2D eigenvalue weighted by molar-refractivity contribution is 5.81. The van der Waals surface area contributed by atoms with Gasteiger partial charge in [-0.15, -0.1) is 0 Å². The number of benzene rings is 1. The standard InChI is InChI=1S/C18H14N2O3/c1-2-4-12-9-18(21)23-16-10-14(7-8-15(12)16)22-17-6-3-5-13(11-19)20-17/h3,5-10H,2,4H2,1H3. The number of rotatable bonds is 4. The average Bonchev–Trinajstić information content (AvgIpc) is 2.55. The third-order valence-corrected chi connectivity index (χ3v) is 3.38. The molecule has 5 heteroatoms. The van der Waals surface area contributed by atoms with E-state index in [1.54, 1.807) is 30.3 Å². The van der Waals surface area contributed by atoms with E-state index >= 15 is 0 Å². The Labute approximate surface area is 132 Å². The number of nitrogens with zero attached hydrogens (tertiary/aromatic N) is 2. The zero-order valence-corrected chi connectivity index (χ0v) is 12.6. The molecule has 114 valence electrons. The van der Waals surface area contributed by atoms with E-state index in [0.717, 1.165) is 23.8 Å². The number of nitriles is 1. The third kappa shape index (κ3) is 3.22. The molecule has 0 aliphatic carbocycles. The SMILES string of the molecule is CCCc1cc(=O)oc2cc(Oc3cccc(C#N)n3)ccc12. The van der Waals surface area contributed by atoms with Crippen molar-refractivity contribution in [3.8, 4) is 17.7 Å². The summed E-state index contributed by atoms with van der Waals surface area (Å²) < 4.78 is 10.9. The maximum absolute atomic E-state index is 11.7. The summed E-state index contributed by atoms with van der Waals surface area (Å²) in [5.41, 5.74) is 1.35. The molecule has 1 aromatic carbocycles. The van der Waals surface area contributed by atoms with Crippen molar-refractivity contribution in [2.75, 3.05) is 0 Å². The molecule has 23 heavy (non-hydrogen) atoms. The average molecular weight is 306 g/mol. The van der Waals surface area contributed by atoms with Gasteiger partial charge in [0.05, 0.1) is 0 Å². The first-order valence-electron chi connectivity index (χ1n) is 7.31. The lowest BCUT2D eigenvalue weighted by molar-refractivity contribution is 0.461. The minimum absolute atomic E-state index is 0.278. The quantitative estimate of drug-likeness (QED) is 0.685. The van der Waals surface area contributed by atoms with Crippen LogP contribution < -0.4 is 10.4 Å². The van der Waals surface area contributed by atoms with Gasteiger partial charge >= 0.3 is 5.63 Å². The Morgan fingerprint density at radius 2 is 2.13 bits per heavy atom. The van der Waals surface area contributed by atoms with Gasteiger partial charge in [0, 0.05) is 23.6 Å². The summed E-state index contributed by atoms with van der Waals surface area (Å²) >= 11 is 0. The molecule has 0 saturated carbocycles. The molecule has 0 aliphatic heterocycles. The lowest BCUT2D eigenvalue weighted by Crippen LogP contribution is -2.00. The fourth-order valence-corrected chi connectivity index (χ4v) is 2.40. The minimum atomic E-state index is -0.372. The number of hydrogen-bond acceptors (Lipinski definition) is 5. The van der Waals surface area contributed by atoms with Crippen LogP contribution in [0.2, 0.25) is 0 Å². The molecule has 0 amide bonds. The van der Waals surface area contributed by atoms with E-state index in [-0.39, 0.29) is 11.3 Å². The van der Waals surface area contributed by atoms with Crippen LogP contribution in [0.15, 0.2) is 51.7 Å². The largest absolute Gasteiger partial charge is 0.439 e. The fourth-order valence-electron chi connectivity index (χ4n) is 2.40. The summed E-state index contributed by atoms with van der Waals surface area (Å²) in [6, 6.07) is 13.8. The molecule has 0 saturated heterocycles. The fraction of sp³-hybridized carbons (Fsp3) is 0.167. The van der Waals surface area contributed by atoms with E-state index in [1.165, 1.54) is 6.07 Å². The number of pyridine rings is 1. The van der Waals surface area contributed by atoms with Crippen molar-refractivity contribution in [3.05, 3.63) is 64.1 Å². The van der Waals surface area contributed by atoms with Gasteiger partial charge in [0.25, 0.3) is 0 Å². The second kappa shape index (κ2) is 6.32. The van der Waals surface area contributed by atoms with E-state index in [0.29, 0.717) is 17.2 Å². The zero-order valence-electron chi connectivity index (χ0n) is 12.6. The molecule has 0 spiro atoms. The Hall–Kier alpha value is -3.13. The normalized spacial score (nSPS) is 10.4. The highest BCUT2D eigenvalue weighted by Crippen LogP contribution is 2.26. The first-order valence-corrected chi connectivity index (χ1v) is 7.31. The summed E-state index contributed by atoms with van der Waals surface area (Å²) in [6.07, 6.45) is 1.76. The Kier molecular flexibility index (Phi) is 4.07. The van der Waals surface area contributed by atoms with Gasteiger partial charge in [0.15, 0.2) is 0 Å². The number of fused-ring (bicyclic) bond motifs is 1. The molecule has 5 nitrogen and oxygen atoms in total. The van der Waals surface area contributed by atoms with E-state index < -0.39 is 0 Å². The summed E-state index contributed by atoms with van der Waals surface area (Å²) in [5, 5.41) is 9.76. The maximum atomic E-state index is 11.7. The van der Waals surface area contributed by atoms with E-state index in [9.17, 15) is 4.79 Å². The number of ether oxygens (including phenoxy) is 1. The van der Waals surface area contributed by atoms with Gasteiger partial charge in [-0.1, -0.05) is 19.4 Å². The highest BCUT2D eigenvalue weighted by atomic mass is 16.5. The van der Waals surface area contributed by atoms with Gasteiger partial charge in [-0.2, -0.15) is 5.26 Å². The molecule has 0 radical (unpaired) electrons. The van der Waals surface area contributed by atoms with Crippen molar-refractivity contribution in [2.24, 2.45) is 0 Å². The van der Waals surface area contributed by atoms with Crippen LogP contribution in [-0.4, -0.2) is 4.98 Å². The molecule has 3 aromatic rings. The number of aromatic nitrogens is 1. The van der Waals surface area contributed by atoms with Crippen molar-refractivity contribution in [1.29, 1.82) is 5.26 Å². The Morgan fingerprint density at radius 3 is 2.91 bits per heavy atom. The molecule has 0 aliphatic rings. The second-order valence-electron chi connectivity index (χ2n) is 5.07. The molecule has 0 N–H and O–H groups in total. The van der Waals surface area contributed by atoms with Crippen LogP contribution in [0, 0.1) is 11.3 Å². The van der Waals surface area contributed by atoms with Gasteiger partial charge < -0.3 is 9.15 Å². The lowest BCUT2D eigenvalue weighted by Gasteiger charge is -2.07. The van der Waals surface area contributed by atoms with Crippen molar-refractivity contribution in [1.82, 2.24) is 4.98 Å². The minimum Gasteiger partial charge on any atom is -0.439 e. The van der Waals surface area contributed by atoms with Crippen LogP contribution in [0.25, 0.3) is 11.0 Å². The Morgan fingerprint density at radius 1 is 1.26 bits per heavy atom. The maximum Gasteiger partial charge on any atom is 0.336 e. The highest BCUT2D eigenvalue weighted by Gasteiger charge is 2.08. The van der Waals surface area contributed by atoms with Gasteiger partial charge in [-0.05, 0) is 30.2 Å². The van der Waals surface area contributed by atoms with E-state index in [2.05, 4.69) is 11.9 Å². The van der Waals surface area contributed by atoms with Crippen LogP contribution in [0.5, 0.6) is 11.6 Å². The van der Waals surface area contributed by atoms with Crippen LogP contribution in [0.3, 0.4) is 0 Å². The number of aryl methyl sites for hydroxylation is 1. The first-order chi connectivity index (χ1) is 11.2. The first kappa shape index (κ1) is 14.8. The lowest BCUT2D eigenvalue weighted by atomic mass is 10.1. The monoisotopic (exact) mass is 306 g/mol. The van der Waals surface area contributed by atoms with Crippen molar-refractivity contribution < 1.29 is 9.15 Å². The van der Waals surface area contributed by atoms with E-state index in [4.69, 9.17) is 14.4 Å². The predicted octanol–water partition coefficient (Wildman–Crippen LogP) is 3.80. The van der Waals surface area contributed by atoms with Crippen LogP contribution >= 0.6 is 0 Å². The Bertz CT molecular complexity index is 954. The Balaban J connectivity index is 2.00. The molecule has 0 bridgehead atoms. The van der Waals surface area contributed by atoms with E-state index in [1.807, 2.05) is 12.1 Å².